The van der Waals surface area contributed by atoms with Crippen LogP contribution in [0.4, 0.5) is 52.7 Å². The topological polar surface area (TPSA) is 40.5 Å². The summed E-state index contributed by atoms with van der Waals surface area (Å²) in [5, 5.41) is 23.9. The SMILES string of the molecule is Oc1c(-c2ccc(C(F)(F)F)cc2C(F)(F)F)cc2ccccc2c1-c1c(O)c(-c2ccc(C(F)(F)F)cc2C(F)(F)F)cc2ccccc12. The molecule has 0 saturated heterocycles. The molecule has 0 heterocycles. The maximum absolute atomic E-state index is 14.3. The van der Waals surface area contributed by atoms with Crippen LogP contribution < -0.4 is 0 Å². The molecule has 50 heavy (non-hydrogen) atoms. The van der Waals surface area contributed by atoms with Crippen molar-refractivity contribution < 1.29 is 62.9 Å². The lowest BCUT2D eigenvalue weighted by atomic mass is 9.85. The number of fused-ring (bicyclic) bond motifs is 2. The fourth-order valence-corrected chi connectivity index (χ4v) is 5.97. The minimum Gasteiger partial charge on any atom is -0.507 e. The van der Waals surface area contributed by atoms with Crippen molar-refractivity contribution in [2.75, 3.05) is 0 Å². The van der Waals surface area contributed by atoms with Gasteiger partial charge < -0.3 is 10.2 Å². The number of halogens is 12. The molecule has 0 saturated carbocycles. The van der Waals surface area contributed by atoms with Gasteiger partial charge in [0.1, 0.15) is 11.5 Å². The quantitative estimate of drug-likeness (QED) is 0.180. The van der Waals surface area contributed by atoms with Crippen LogP contribution in [0.5, 0.6) is 11.5 Å². The molecule has 2 nitrogen and oxygen atoms in total. The third-order valence-corrected chi connectivity index (χ3v) is 8.18. The minimum absolute atomic E-state index is 0.0651. The molecule has 0 radical (unpaired) electrons. The second kappa shape index (κ2) is 11.6. The highest BCUT2D eigenvalue weighted by Gasteiger charge is 2.41. The second-order valence-electron chi connectivity index (χ2n) is 11.2. The zero-order chi connectivity index (χ0) is 36.6. The first-order valence-corrected chi connectivity index (χ1v) is 14.3. The molecule has 6 rings (SSSR count). The minimum atomic E-state index is -5.36. The zero-order valence-electron chi connectivity index (χ0n) is 24.7. The van der Waals surface area contributed by atoms with Gasteiger partial charge in [0.05, 0.1) is 22.3 Å². The number of hydrogen-bond donors (Lipinski definition) is 2. The summed E-state index contributed by atoms with van der Waals surface area (Å²) in [6.07, 6.45) is -21.0. The number of benzene rings is 6. The van der Waals surface area contributed by atoms with Gasteiger partial charge in [0.15, 0.2) is 0 Å². The van der Waals surface area contributed by atoms with Crippen molar-refractivity contribution in [2.24, 2.45) is 0 Å². The lowest BCUT2D eigenvalue weighted by Crippen LogP contribution is -2.12. The smallest absolute Gasteiger partial charge is 0.417 e. The van der Waals surface area contributed by atoms with Gasteiger partial charge in [0, 0.05) is 22.3 Å². The summed E-state index contributed by atoms with van der Waals surface area (Å²) >= 11 is 0. The van der Waals surface area contributed by atoms with E-state index in [4.69, 9.17) is 0 Å². The van der Waals surface area contributed by atoms with Gasteiger partial charge in [-0.25, -0.2) is 0 Å². The molecule has 0 bridgehead atoms. The van der Waals surface area contributed by atoms with Crippen LogP contribution in [0.25, 0.3) is 54.9 Å². The molecular weight excluding hydrogens is 692 g/mol. The fraction of sp³-hybridized carbons (Fsp3) is 0.111. The van der Waals surface area contributed by atoms with Gasteiger partial charge in [-0.15, -0.1) is 0 Å². The molecule has 14 heteroatoms. The molecule has 0 aliphatic heterocycles. The van der Waals surface area contributed by atoms with E-state index in [0.717, 1.165) is 12.1 Å². The highest BCUT2D eigenvalue weighted by atomic mass is 19.4. The highest BCUT2D eigenvalue weighted by Crippen LogP contribution is 2.54. The molecular formula is C36H18F12O2. The lowest BCUT2D eigenvalue weighted by molar-refractivity contribution is -0.144. The molecule has 0 atom stereocenters. The number of rotatable bonds is 3. The van der Waals surface area contributed by atoms with Crippen LogP contribution in [0.15, 0.2) is 97.1 Å². The number of phenols is 2. The van der Waals surface area contributed by atoms with E-state index in [2.05, 4.69) is 0 Å². The van der Waals surface area contributed by atoms with E-state index in [0.29, 0.717) is 24.3 Å². The molecule has 6 aromatic carbocycles. The lowest BCUT2D eigenvalue weighted by Gasteiger charge is -2.22. The Hall–Kier alpha value is -5.40. The van der Waals surface area contributed by atoms with Crippen molar-refractivity contribution in [1.82, 2.24) is 0 Å². The Labute approximate surface area is 273 Å². The number of hydrogen-bond acceptors (Lipinski definition) is 2. The Morgan fingerprint density at radius 2 is 0.700 bits per heavy atom. The standard InChI is InChI=1S/C36H18F12O2/c37-33(38,39)19-9-11-23(27(15-19)35(43,44)45)25-13-17-5-1-3-7-21(17)29(31(25)49)30-22-8-4-2-6-18(22)14-26(32(30)50)24-12-10-20(34(40,41)42)16-28(24)36(46,47)48/h1-16,49-50H. The Morgan fingerprint density at radius 1 is 0.360 bits per heavy atom. The van der Waals surface area contributed by atoms with Gasteiger partial charge in [-0.05, 0) is 69.1 Å². The summed E-state index contributed by atoms with van der Waals surface area (Å²) < 4.78 is 166. The highest BCUT2D eigenvalue weighted by molar-refractivity contribution is 6.14. The number of phenolic OH excluding ortho intramolecular Hbond substituents is 2. The molecule has 0 amide bonds. The first-order chi connectivity index (χ1) is 23.2. The van der Waals surface area contributed by atoms with Gasteiger partial charge >= 0.3 is 24.7 Å². The molecule has 0 aliphatic rings. The molecule has 0 spiro atoms. The van der Waals surface area contributed by atoms with E-state index >= 15 is 0 Å². The summed E-state index contributed by atoms with van der Waals surface area (Å²) in [7, 11) is 0. The number of alkyl halides is 12. The van der Waals surface area contributed by atoms with Crippen molar-refractivity contribution in [3.05, 3.63) is 119 Å². The summed E-state index contributed by atoms with van der Waals surface area (Å²) in [5.74, 6) is -1.95. The van der Waals surface area contributed by atoms with Crippen molar-refractivity contribution >= 4 is 21.5 Å². The van der Waals surface area contributed by atoms with Crippen LogP contribution in [-0.4, -0.2) is 10.2 Å². The Bertz CT molecular complexity index is 2130. The fourth-order valence-electron chi connectivity index (χ4n) is 5.97. The van der Waals surface area contributed by atoms with Crippen LogP contribution in [0, 0.1) is 0 Å². The maximum atomic E-state index is 14.3. The zero-order valence-corrected chi connectivity index (χ0v) is 24.7. The van der Waals surface area contributed by atoms with E-state index < -0.39 is 91.8 Å². The van der Waals surface area contributed by atoms with Crippen LogP contribution in [-0.2, 0) is 24.7 Å². The van der Waals surface area contributed by atoms with E-state index in [-0.39, 0.29) is 33.7 Å². The van der Waals surface area contributed by atoms with Gasteiger partial charge in [0.2, 0.25) is 0 Å². The average molecular weight is 711 g/mol. The Morgan fingerprint density at radius 3 is 1.02 bits per heavy atom. The van der Waals surface area contributed by atoms with Crippen LogP contribution in [0.2, 0.25) is 0 Å². The molecule has 0 aromatic heterocycles. The van der Waals surface area contributed by atoms with Crippen LogP contribution in [0.1, 0.15) is 22.3 Å². The predicted octanol–water partition coefficient (Wildman–Crippen LogP) is 12.5. The molecule has 0 unspecified atom stereocenters. The van der Waals surface area contributed by atoms with Gasteiger partial charge in [-0.1, -0.05) is 60.7 Å². The van der Waals surface area contributed by atoms with Gasteiger partial charge in [-0.3, -0.25) is 0 Å². The summed E-state index contributed by atoms with van der Waals surface area (Å²) in [6.45, 7) is 0. The summed E-state index contributed by atoms with van der Waals surface area (Å²) in [5.41, 5.74) is -10.6. The molecule has 2 N–H and O–H groups in total. The van der Waals surface area contributed by atoms with Crippen molar-refractivity contribution in [3.8, 4) is 44.9 Å². The van der Waals surface area contributed by atoms with E-state index in [1.165, 1.54) is 48.5 Å². The Balaban J connectivity index is 1.75. The summed E-state index contributed by atoms with van der Waals surface area (Å²) in [6, 6.07) is 15.1. The van der Waals surface area contributed by atoms with Crippen molar-refractivity contribution in [1.29, 1.82) is 0 Å². The first kappa shape index (κ1) is 34.5. The second-order valence-corrected chi connectivity index (χ2v) is 11.2. The average Bonchev–Trinajstić information content (AvgIpc) is 3.02. The molecule has 6 aromatic rings. The predicted molar refractivity (Wildman–Crippen MR) is 161 cm³/mol. The first-order valence-electron chi connectivity index (χ1n) is 14.3. The van der Waals surface area contributed by atoms with Crippen molar-refractivity contribution in [2.45, 2.75) is 24.7 Å². The third kappa shape index (κ3) is 6.03. The van der Waals surface area contributed by atoms with Gasteiger partial charge in [-0.2, -0.15) is 52.7 Å². The van der Waals surface area contributed by atoms with Crippen molar-refractivity contribution in [3.63, 3.8) is 0 Å². The molecule has 0 aliphatic carbocycles. The van der Waals surface area contributed by atoms with E-state index in [1.54, 1.807) is 0 Å². The largest absolute Gasteiger partial charge is 0.507 e. The number of aromatic hydroxyl groups is 2. The van der Waals surface area contributed by atoms with Crippen LogP contribution >= 0.6 is 0 Å². The van der Waals surface area contributed by atoms with E-state index in [9.17, 15) is 62.9 Å². The van der Waals surface area contributed by atoms with E-state index in [1.807, 2.05) is 0 Å². The van der Waals surface area contributed by atoms with Gasteiger partial charge in [0.25, 0.3) is 0 Å². The monoisotopic (exact) mass is 710 g/mol. The third-order valence-electron chi connectivity index (χ3n) is 8.18. The Kier molecular flexibility index (Phi) is 7.99. The molecule has 0 fully saturated rings. The summed E-state index contributed by atoms with van der Waals surface area (Å²) in [4.78, 5) is 0. The molecule has 258 valence electrons. The maximum Gasteiger partial charge on any atom is 0.417 e. The normalized spacial score (nSPS) is 13.0. The van der Waals surface area contributed by atoms with Crippen LogP contribution in [0.3, 0.4) is 0 Å².